The number of furan rings is 1. The summed E-state index contributed by atoms with van der Waals surface area (Å²) in [7, 11) is 0. The van der Waals surface area contributed by atoms with Crippen LogP contribution in [-0.4, -0.2) is 17.6 Å². The number of aliphatic hydroxyl groups excluding tert-OH is 1. The number of aliphatic hydroxyl groups is 1. The molecule has 0 saturated carbocycles. The van der Waals surface area contributed by atoms with Crippen molar-refractivity contribution in [3.63, 3.8) is 0 Å². The minimum absolute atomic E-state index is 0.00420. The van der Waals surface area contributed by atoms with E-state index in [1.54, 1.807) is 44.2 Å². The molecule has 112 valence electrons. The Bertz CT molecular complexity index is 608. The Morgan fingerprint density at radius 3 is 2.67 bits per heavy atom. The van der Waals surface area contributed by atoms with Crippen LogP contribution in [0, 0.1) is 5.82 Å². The maximum absolute atomic E-state index is 13.8. The van der Waals surface area contributed by atoms with Crippen molar-refractivity contribution in [2.75, 3.05) is 6.54 Å². The number of hydrogen-bond donors (Lipinski definition) is 2. The molecule has 0 aliphatic heterocycles. The molecule has 5 heteroatoms. The molecule has 0 spiro atoms. The number of amides is 1. The molecule has 21 heavy (non-hydrogen) atoms. The molecule has 1 unspecified atom stereocenters. The first-order chi connectivity index (χ1) is 9.93. The van der Waals surface area contributed by atoms with Gasteiger partial charge in [0.2, 0.25) is 5.91 Å². The van der Waals surface area contributed by atoms with Crippen molar-refractivity contribution in [1.29, 1.82) is 0 Å². The Morgan fingerprint density at radius 2 is 2.05 bits per heavy atom. The summed E-state index contributed by atoms with van der Waals surface area (Å²) in [6.45, 7) is 3.28. The third kappa shape index (κ3) is 3.31. The molecule has 0 bridgehead atoms. The zero-order valence-electron chi connectivity index (χ0n) is 12.0. The van der Waals surface area contributed by atoms with E-state index in [4.69, 9.17) is 4.42 Å². The molecule has 1 amide bonds. The van der Waals surface area contributed by atoms with Crippen LogP contribution in [0.3, 0.4) is 0 Å². The molecule has 2 N–H and O–H groups in total. The summed E-state index contributed by atoms with van der Waals surface area (Å²) in [6.07, 6.45) is 0.518. The van der Waals surface area contributed by atoms with Crippen molar-refractivity contribution in [1.82, 2.24) is 5.32 Å². The van der Waals surface area contributed by atoms with E-state index in [2.05, 4.69) is 5.32 Å². The summed E-state index contributed by atoms with van der Waals surface area (Å²) in [4.78, 5) is 12.3. The number of rotatable bonds is 5. The van der Waals surface area contributed by atoms with E-state index in [0.29, 0.717) is 11.3 Å². The average molecular weight is 291 g/mol. The lowest BCUT2D eigenvalue weighted by Gasteiger charge is -2.25. The van der Waals surface area contributed by atoms with Crippen molar-refractivity contribution >= 4 is 5.91 Å². The van der Waals surface area contributed by atoms with Crippen LogP contribution in [0.2, 0.25) is 0 Å². The third-order valence-corrected chi connectivity index (χ3v) is 3.44. The second kappa shape index (κ2) is 6.10. The maximum atomic E-state index is 13.8. The van der Waals surface area contributed by atoms with Crippen LogP contribution in [0.1, 0.15) is 31.3 Å². The van der Waals surface area contributed by atoms with Gasteiger partial charge in [0, 0.05) is 5.56 Å². The molecular weight excluding hydrogens is 273 g/mol. The van der Waals surface area contributed by atoms with Gasteiger partial charge in [-0.25, -0.2) is 4.39 Å². The number of carbonyl (C=O) groups is 1. The van der Waals surface area contributed by atoms with Crippen molar-refractivity contribution in [2.24, 2.45) is 0 Å². The first-order valence-corrected chi connectivity index (χ1v) is 6.67. The molecule has 1 aromatic carbocycles. The van der Waals surface area contributed by atoms with E-state index in [9.17, 15) is 14.3 Å². The Morgan fingerprint density at radius 1 is 1.33 bits per heavy atom. The summed E-state index contributed by atoms with van der Waals surface area (Å²) in [5, 5.41) is 12.5. The van der Waals surface area contributed by atoms with Crippen LogP contribution in [0.4, 0.5) is 4.39 Å². The van der Waals surface area contributed by atoms with Gasteiger partial charge in [0.15, 0.2) is 0 Å². The summed E-state index contributed by atoms with van der Waals surface area (Å²) in [6, 6.07) is 9.45. The van der Waals surface area contributed by atoms with Crippen LogP contribution >= 0.6 is 0 Å². The van der Waals surface area contributed by atoms with Gasteiger partial charge in [0.1, 0.15) is 17.7 Å². The number of halogens is 1. The highest BCUT2D eigenvalue weighted by Crippen LogP contribution is 2.26. The topological polar surface area (TPSA) is 62.5 Å². The van der Waals surface area contributed by atoms with Gasteiger partial charge < -0.3 is 14.8 Å². The highest BCUT2D eigenvalue weighted by atomic mass is 19.1. The Balaban J connectivity index is 2.04. The van der Waals surface area contributed by atoms with E-state index >= 15 is 0 Å². The van der Waals surface area contributed by atoms with Gasteiger partial charge >= 0.3 is 0 Å². The van der Waals surface area contributed by atoms with Crippen LogP contribution in [0.25, 0.3) is 0 Å². The van der Waals surface area contributed by atoms with Gasteiger partial charge in [-0.2, -0.15) is 0 Å². The lowest BCUT2D eigenvalue weighted by molar-refractivity contribution is -0.126. The average Bonchev–Trinajstić information content (AvgIpc) is 2.98. The van der Waals surface area contributed by atoms with Crippen molar-refractivity contribution in [3.05, 3.63) is 59.8 Å². The molecular formula is C16H18FNO3. The number of benzene rings is 1. The molecule has 0 radical (unpaired) electrons. The lowest BCUT2D eigenvalue weighted by atomic mass is 9.83. The smallest absolute Gasteiger partial charge is 0.230 e. The van der Waals surface area contributed by atoms with Gasteiger partial charge in [-0.1, -0.05) is 18.2 Å². The quantitative estimate of drug-likeness (QED) is 0.890. The standard InChI is InChI=1S/C16H18FNO3/c1-16(2,11-6-3-4-7-12(11)17)15(20)18-10-13(19)14-8-5-9-21-14/h3-9,13,19H,10H2,1-2H3,(H,18,20). The lowest BCUT2D eigenvalue weighted by Crippen LogP contribution is -2.42. The van der Waals surface area contributed by atoms with E-state index in [1.165, 1.54) is 12.3 Å². The molecule has 1 heterocycles. The first kappa shape index (κ1) is 15.3. The number of nitrogens with one attached hydrogen (secondary N) is 1. The zero-order chi connectivity index (χ0) is 15.5. The van der Waals surface area contributed by atoms with Crippen LogP contribution in [0.5, 0.6) is 0 Å². The first-order valence-electron chi connectivity index (χ1n) is 6.67. The summed E-state index contributed by atoms with van der Waals surface area (Å²) in [5.41, 5.74) is -0.719. The van der Waals surface area contributed by atoms with Gasteiger partial charge in [-0.3, -0.25) is 4.79 Å². The fourth-order valence-electron chi connectivity index (χ4n) is 2.08. The Labute approximate surface area is 122 Å². The van der Waals surface area contributed by atoms with Crippen LogP contribution in [0.15, 0.2) is 47.1 Å². The fraction of sp³-hybridized carbons (Fsp3) is 0.312. The van der Waals surface area contributed by atoms with E-state index < -0.39 is 17.3 Å². The highest BCUT2D eigenvalue weighted by molar-refractivity contribution is 5.87. The molecule has 0 aliphatic rings. The summed E-state index contributed by atoms with van der Waals surface area (Å²) in [5.74, 6) is -0.415. The summed E-state index contributed by atoms with van der Waals surface area (Å²) >= 11 is 0. The number of hydrogen-bond acceptors (Lipinski definition) is 3. The third-order valence-electron chi connectivity index (χ3n) is 3.44. The predicted molar refractivity (Wildman–Crippen MR) is 76.1 cm³/mol. The van der Waals surface area contributed by atoms with Gasteiger partial charge in [-0.15, -0.1) is 0 Å². The SMILES string of the molecule is CC(C)(C(=O)NCC(O)c1ccco1)c1ccccc1F. The van der Waals surface area contributed by atoms with Crippen molar-refractivity contribution in [2.45, 2.75) is 25.4 Å². The fourth-order valence-corrected chi connectivity index (χ4v) is 2.08. The molecule has 1 atom stereocenters. The second-order valence-corrected chi connectivity index (χ2v) is 5.35. The zero-order valence-corrected chi connectivity index (χ0v) is 12.0. The largest absolute Gasteiger partial charge is 0.467 e. The maximum Gasteiger partial charge on any atom is 0.230 e. The van der Waals surface area contributed by atoms with Gasteiger partial charge in [0.25, 0.3) is 0 Å². The van der Waals surface area contributed by atoms with E-state index in [0.717, 1.165) is 0 Å². The van der Waals surface area contributed by atoms with Gasteiger partial charge in [-0.05, 0) is 32.0 Å². The minimum atomic E-state index is -1.03. The Kier molecular flexibility index (Phi) is 4.43. The summed E-state index contributed by atoms with van der Waals surface area (Å²) < 4.78 is 18.9. The molecule has 2 rings (SSSR count). The molecule has 0 aliphatic carbocycles. The van der Waals surface area contributed by atoms with E-state index in [-0.39, 0.29) is 12.5 Å². The van der Waals surface area contributed by atoms with Crippen molar-refractivity contribution < 1.29 is 18.7 Å². The Hall–Kier alpha value is -2.14. The highest BCUT2D eigenvalue weighted by Gasteiger charge is 2.32. The van der Waals surface area contributed by atoms with Crippen molar-refractivity contribution in [3.8, 4) is 0 Å². The molecule has 1 aromatic heterocycles. The molecule has 4 nitrogen and oxygen atoms in total. The monoisotopic (exact) mass is 291 g/mol. The second-order valence-electron chi connectivity index (χ2n) is 5.35. The molecule has 2 aromatic rings. The molecule has 0 saturated heterocycles. The number of carbonyl (C=O) groups excluding carboxylic acids is 1. The van der Waals surface area contributed by atoms with Crippen LogP contribution in [-0.2, 0) is 10.2 Å². The van der Waals surface area contributed by atoms with Gasteiger partial charge in [0.05, 0.1) is 18.2 Å². The predicted octanol–water partition coefficient (Wildman–Crippen LogP) is 2.55. The normalized spacial score (nSPS) is 13.0. The van der Waals surface area contributed by atoms with Crippen LogP contribution < -0.4 is 5.32 Å². The minimum Gasteiger partial charge on any atom is -0.467 e. The molecule has 0 fully saturated rings. The van der Waals surface area contributed by atoms with E-state index in [1.807, 2.05) is 0 Å².